The quantitative estimate of drug-likeness (QED) is 0.614. The molecule has 0 radical (unpaired) electrons. The molecule has 1 amide bonds. The Balaban J connectivity index is 2.27. The van der Waals surface area contributed by atoms with E-state index in [9.17, 15) is 14.4 Å². The van der Waals surface area contributed by atoms with Gasteiger partial charge in [0.25, 0.3) is 0 Å². The van der Waals surface area contributed by atoms with Gasteiger partial charge in [-0.15, -0.1) is 11.8 Å². The number of carbonyl (C=O) groups is 3. The van der Waals surface area contributed by atoms with E-state index in [0.717, 1.165) is 11.8 Å². The fourth-order valence-electron chi connectivity index (χ4n) is 1.62. The van der Waals surface area contributed by atoms with Crippen molar-refractivity contribution in [1.29, 1.82) is 5.26 Å². The maximum atomic E-state index is 11.7. The molecule has 0 bridgehead atoms. The number of nitrogens with zero attached hydrogens (tertiary/aromatic N) is 1. The van der Waals surface area contributed by atoms with Crippen LogP contribution in [-0.4, -0.2) is 35.8 Å². The standard InChI is InChI=1S/C16H16ClN3O4S/c1-10(19)13(6-18)14(21)7-24-16(23)9-25-8-15(22)20-12-4-2-11(17)3-5-12/h2-5,13H,1,7-9,19H2,(H,20,22)/p+1/t13-/m0/s1. The molecule has 1 atom stereocenters. The molecule has 0 saturated carbocycles. The van der Waals surface area contributed by atoms with Gasteiger partial charge in [-0.1, -0.05) is 11.6 Å². The third kappa shape index (κ3) is 7.85. The molecule has 7 nitrogen and oxygen atoms in total. The summed E-state index contributed by atoms with van der Waals surface area (Å²) in [6, 6.07) is 8.35. The minimum absolute atomic E-state index is 0.0438. The largest absolute Gasteiger partial charge is 0.457 e. The van der Waals surface area contributed by atoms with E-state index < -0.39 is 24.3 Å². The molecule has 25 heavy (non-hydrogen) atoms. The van der Waals surface area contributed by atoms with Crippen LogP contribution in [0.2, 0.25) is 5.02 Å². The van der Waals surface area contributed by atoms with Gasteiger partial charge in [-0.05, 0) is 30.8 Å². The zero-order valence-corrected chi connectivity index (χ0v) is 14.9. The second-order valence-electron chi connectivity index (χ2n) is 4.90. The summed E-state index contributed by atoms with van der Waals surface area (Å²) in [5.74, 6) is -2.66. The number of benzene rings is 1. The molecule has 4 N–H and O–H groups in total. The maximum Gasteiger partial charge on any atom is 0.316 e. The van der Waals surface area contributed by atoms with Crippen LogP contribution in [0.15, 0.2) is 36.5 Å². The molecule has 0 aliphatic carbocycles. The summed E-state index contributed by atoms with van der Waals surface area (Å²) in [6.07, 6.45) is 0. The number of rotatable bonds is 9. The van der Waals surface area contributed by atoms with Crippen LogP contribution in [0.3, 0.4) is 0 Å². The van der Waals surface area contributed by atoms with Crippen LogP contribution in [0.1, 0.15) is 0 Å². The Hall–Kier alpha value is -2.34. The molecule has 1 aromatic rings. The number of halogens is 1. The van der Waals surface area contributed by atoms with E-state index in [4.69, 9.17) is 21.6 Å². The number of anilines is 1. The topological polar surface area (TPSA) is 124 Å². The van der Waals surface area contributed by atoms with Gasteiger partial charge in [0.05, 0.1) is 17.6 Å². The van der Waals surface area contributed by atoms with Crippen molar-refractivity contribution in [3.05, 3.63) is 41.6 Å². The van der Waals surface area contributed by atoms with Crippen LogP contribution < -0.4 is 11.1 Å². The molecule has 9 heteroatoms. The van der Waals surface area contributed by atoms with Crippen LogP contribution in [0.4, 0.5) is 5.69 Å². The highest BCUT2D eigenvalue weighted by atomic mass is 35.5. The normalized spacial score (nSPS) is 11.1. The fourth-order valence-corrected chi connectivity index (χ4v) is 2.36. The average Bonchev–Trinajstić information content (AvgIpc) is 2.55. The van der Waals surface area contributed by atoms with Gasteiger partial charge in [0.2, 0.25) is 5.91 Å². The lowest BCUT2D eigenvalue weighted by Gasteiger charge is -2.07. The fraction of sp³-hybridized carbons (Fsp3) is 0.250. The molecule has 132 valence electrons. The predicted octanol–water partition coefficient (Wildman–Crippen LogP) is 1.02. The van der Waals surface area contributed by atoms with Gasteiger partial charge < -0.3 is 15.8 Å². The Morgan fingerprint density at radius 1 is 1.32 bits per heavy atom. The molecule has 0 saturated heterocycles. The number of hydrogen-bond donors (Lipinski definition) is 2. The van der Waals surface area contributed by atoms with Gasteiger partial charge in [-0.3, -0.25) is 14.4 Å². The lowest BCUT2D eigenvalue weighted by molar-refractivity contribution is -0.309. The molecule has 0 aromatic heterocycles. The van der Waals surface area contributed by atoms with Crippen molar-refractivity contribution in [2.24, 2.45) is 5.92 Å². The van der Waals surface area contributed by atoms with Gasteiger partial charge in [-0.25, -0.2) is 0 Å². The number of nitriles is 1. The summed E-state index contributed by atoms with van der Waals surface area (Å²) in [5.41, 5.74) is 4.18. The van der Waals surface area contributed by atoms with Crippen molar-refractivity contribution >= 4 is 46.7 Å². The van der Waals surface area contributed by atoms with Crippen LogP contribution in [-0.2, 0) is 19.1 Å². The highest BCUT2D eigenvalue weighted by Crippen LogP contribution is 2.14. The molecular weight excluding hydrogens is 366 g/mol. The maximum absolute atomic E-state index is 11.7. The molecule has 0 aliphatic heterocycles. The molecule has 0 aliphatic rings. The van der Waals surface area contributed by atoms with Crippen molar-refractivity contribution in [2.45, 2.75) is 0 Å². The third-order valence-electron chi connectivity index (χ3n) is 2.82. The van der Waals surface area contributed by atoms with Crippen LogP contribution in [0.5, 0.6) is 0 Å². The van der Waals surface area contributed by atoms with Gasteiger partial charge >= 0.3 is 5.97 Å². The molecule has 0 unspecified atom stereocenters. The van der Waals surface area contributed by atoms with E-state index in [1.165, 1.54) is 0 Å². The van der Waals surface area contributed by atoms with E-state index in [1.807, 2.05) is 0 Å². The van der Waals surface area contributed by atoms with Gasteiger partial charge in [0.15, 0.2) is 18.3 Å². The minimum atomic E-state index is -1.09. The molecule has 1 rings (SSSR count). The summed E-state index contributed by atoms with van der Waals surface area (Å²) in [4.78, 5) is 34.9. The Bertz CT molecular complexity index is 700. The number of ketones is 1. The van der Waals surface area contributed by atoms with Crippen molar-refractivity contribution < 1.29 is 24.9 Å². The van der Waals surface area contributed by atoms with Gasteiger partial charge in [0, 0.05) is 10.7 Å². The lowest BCUT2D eigenvalue weighted by atomic mass is 10.0. The number of esters is 1. The predicted molar refractivity (Wildman–Crippen MR) is 94.5 cm³/mol. The van der Waals surface area contributed by atoms with E-state index in [2.05, 4.69) is 17.6 Å². The first-order chi connectivity index (χ1) is 11.8. The summed E-state index contributed by atoms with van der Waals surface area (Å²) < 4.78 is 4.77. The molecular formula is C16H17ClN3O4S+. The second-order valence-corrected chi connectivity index (χ2v) is 6.32. The van der Waals surface area contributed by atoms with Crippen LogP contribution in [0.25, 0.3) is 0 Å². The zero-order chi connectivity index (χ0) is 18.8. The monoisotopic (exact) mass is 382 g/mol. The number of nitrogens with one attached hydrogen (secondary N) is 1. The Morgan fingerprint density at radius 3 is 2.52 bits per heavy atom. The van der Waals surface area contributed by atoms with Crippen molar-refractivity contribution in [3.8, 4) is 6.07 Å². The SMILES string of the molecule is C=C([NH3+])[C@H](C#N)C(=O)COC(=O)CSCC(=O)Nc1ccc(Cl)cc1. The summed E-state index contributed by atoms with van der Waals surface area (Å²) in [5, 5.41) is 12.0. The van der Waals surface area contributed by atoms with E-state index in [1.54, 1.807) is 30.3 Å². The van der Waals surface area contributed by atoms with Crippen molar-refractivity contribution in [3.63, 3.8) is 0 Å². The first kappa shape index (κ1) is 20.7. The number of allylic oxidation sites excluding steroid dienone is 1. The van der Waals surface area contributed by atoms with E-state index >= 15 is 0 Å². The Kier molecular flexibility index (Phi) is 8.70. The summed E-state index contributed by atoms with van der Waals surface area (Å²) >= 11 is 6.79. The number of quaternary nitrogens is 1. The highest BCUT2D eigenvalue weighted by molar-refractivity contribution is 8.00. The Morgan fingerprint density at radius 2 is 1.96 bits per heavy atom. The first-order valence-electron chi connectivity index (χ1n) is 7.05. The van der Waals surface area contributed by atoms with Gasteiger partial charge in [0.1, 0.15) is 5.70 Å². The van der Waals surface area contributed by atoms with Crippen LogP contribution in [0, 0.1) is 17.2 Å². The molecule has 0 heterocycles. The zero-order valence-electron chi connectivity index (χ0n) is 13.3. The molecule has 0 fully saturated rings. The number of hydrogen-bond acceptors (Lipinski definition) is 6. The second kappa shape index (κ2) is 10.5. The number of thioether (sulfide) groups is 1. The smallest absolute Gasteiger partial charge is 0.316 e. The lowest BCUT2D eigenvalue weighted by Crippen LogP contribution is -2.51. The van der Waals surface area contributed by atoms with E-state index in [0.29, 0.717) is 10.7 Å². The van der Waals surface area contributed by atoms with Crippen molar-refractivity contribution in [1.82, 2.24) is 0 Å². The summed E-state index contributed by atoms with van der Waals surface area (Å²) in [6.45, 7) is 2.91. The average molecular weight is 383 g/mol. The first-order valence-corrected chi connectivity index (χ1v) is 8.58. The third-order valence-corrected chi connectivity index (χ3v) is 3.97. The molecule has 0 spiro atoms. The van der Waals surface area contributed by atoms with Gasteiger partial charge in [-0.2, -0.15) is 5.26 Å². The van der Waals surface area contributed by atoms with E-state index in [-0.39, 0.29) is 23.1 Å². The molecule has 1 aromatic carbocycles. The van der Waals surface area contributed by atoms with Crippen LogP contribution >= 0.6 is 23.4 Å². The highest BCUT2D eigenvalue weighted by Gasteiger charge is 2.23. The number of amides is 1. The minimum Gasteiger partial charge on any atom is -0.457 e. The number of carbonyl (C=O) groups excluding carboxylic acids is 3. The van der Waals surface area contributed by atoms with Crippen molar-refractivity contribution in [2.75, 3.05) is 23.4 Å². The Labute approximate surface area is 154 Å². The summed E-state index contributed by atoms with van der Waals surface area (Å²) in [7, 11) is 0. The number of Topliss-reactive ketones (excluding diaryl/α,β-unsaturated/α-hetero) is 1. The number of ether oxygens (including phenoxy) is 1.